The highest BCUT2D eigenvalue weighted by molar-refractivity contribution is 7.09. The molecule has 0 radical (unpaired) electrons. The first-order valence-corrected chi connectivity index (χ1v) is 6.93. The molecule has 0 amide bonds. The van der Waals surface area contributed by atoms with Crippen LogP contribution in [0.3, 0.4) is 0 Å². The van der Waals surface area contributed by atoms with Gasteiger partial charge in [0.05, 0.1) is 18.2 Å². The van der Waals surface area contributed by atoms with E-state index in [2.05, 4.69) is 22.6 Å². The molecule has 0 saturated carbocycles. The van der Waals surface area contributed by atoms with Gasteiger partial charge in [-0.2, -0.15) is 0 Å². The number of aryl methyl sites for hydroxylation is 1. The van der Waals surface area contributed by atoms with E-state index >= 15 is 0 Å². The van der Waals surface area contributed by atoms with Crippen LogP contribution in [0.1, 0.15) is 17.6 Å². The fourth-order valence-electron chi connectivity index (χ4n) is 2.00. The molecule has 1 aliphatic rings. The first kappa shape index (κ1) is 13.0. The lowest BCUT2D eigenvalue weighted by Crippen LogP contribution is -2.45. The van der Waals surface area contributed by atoms with Crippen LogP contribution in [0.5, 0.6) is 0 Å². The van der Waals surface area contributed by atoms with Crippen molar-refractivity contribution in [2.45, 2.75) is 26.3 Å². The summed E-state index contributed by atoms with van der Waals surface area (Å²) < 4.78 is 5.42. The molecule has 2 rings (SSSR count). The van der Waals surface area contributed by atoms with E-state index < -0.39 is 0 Å². The predicted octanol–water partition coefficient (Wildman–Crippen LogP) is 0.947. The van der Waals surface area contributed by atoms with Crippen molar-refractivity contribution in [3.8, 4) is 0 Å². The second-order valence-electron chi connectivity index (χ2n) is 5.09. The zero-order valence-electron chi connectivity index (χ0n) is 10.5. The van der Waals surface area contributed by atoms with Gasteiger partial charge in [0.25, 0.3) is 0 Å². The van der Waals surface area contributed by atoms with Crippen molar-refractivity contribution in [2.75, 3.05) is 26.3 Å². The Kier molecular flexibility index (Phi) is 4.14. The van der Waals surface area contributed by atoms with E-state index in [1.807, 2.05) is 6.92 Å². The first-order chi connectivity index (χ1) is 8.10. The lowest BCUT2D eigenvalue weighted by Gasteiger charge is -2.27. The number of hydrogen-bond donors (Lipinski definition) is 2. The SMILES string of the molecule is Cc1csc(CCNCC2(C)COCC2N)n1. The molecule has 1 fully saturated rings. The van der Waals surface area contributed by atoms with Crippen LogP contribution in [-0.4, -0.2) is 37.3 Å². The Morgan fingerprint density at radius 1 is 1.71 bits per heavy atom. The number of nitrogens with one attached hydrogen (secondary N) is 1. The monoisotopic (exact) mass is 255 g/mol. The number of aromatic nitrogens is 1. The Morgan fingerprint density at radius 2 is 2.53 bits per heavy atom. The van der Waals surface area contributed by atoms with E-state index in [0.29, 0.717) is 6.61 Å². The maximum absolute atomic E-state index is 6.03. The van der Waals surface area contributed by atoms with Gasteiger partial charge < -0.3 is 15.8 Å². The second-order valence-corrected chi connectivity index (χ2v) is 6.03. The van der Waals surface area contributed by atoms with Gasteiger partial charge in [-0.15, -0.1) is 11.3 Å². The Balaban J connectivity index is 1.69. The van der Waals surface area contributed by atoms with Gasteiger partial charge >= 0.3 is 0 Å². The molecular weight excluding hydrogens is 234 g/mol. The molecule has 0 aliphatic carbocycles. The minimum Gasteiger partial charge on any atom is -0.379 e. The number of nitrogens with two attached hydrogens (primary N) is 1. The molecule has 0 spiro atoms. The molecule has 96 valence electrons. The smallest absolute Gasteiger partial charge is 0.0940 e. The molecule has 1 aromatic rings. The molecule has 4 nitrogen and oxygen atoms in total. The summed E-state index contributed by atoms with van der Waals surface area (Å²) in [6, 6.07) is 0.150. The van der Waals surface area contributed by atoms with E-state index in [9.17, 15) is 0 Å². The fourth-order valence-corrected chi connectivity index (χ4v) is 2.77. The molecule has 3 N–H and O–H groups in total. The van der Waals surface area contributed by atoms with Crippen LogP contribution < -0.4 is 11.1 Å². The molecule has 17 heavy (non-hydrogen) atoms. The maximum atomic E-state index is 6.03. The molecular formula is C12H21N3OS. The van der Waals surface area contributed by atoms with Gasteiger partial charge in [-0.1, -0.05) is 6.92 Å². The third kappa shape index (κ3) is 3.25. The van der Waals surface area contributed by atoms with Crippen LogP contribution >= 0.6 is 11.3 Å². The van der Waals surface area contributed by atoms with Gasteiger partial charge in [0.15, 0.2) is 0 Å². The molecule has 1 saturated heterocycles. The van der Waals surface area contributed by atoms with Gasteiger partial charge in [0, 0.05) is 42.0 Å². The average molecular weight is 255 g/mol. The molecule has 5 heteroatoms. The van der Waals surface area contributed by atoms with Gasteiger partial charge in [-0.05, 0) is 6.92 Å². The van der Waals surface area contributed by atoms with Crippen LogP contribution in [0, 0.1) is 12.3 Å². The molecule has 1 aromatic heterocycles. The van der Waals surface area contributed by atoms with Crippen molar-refractivity contribution < 1.29 is 4.74 Å². The molecule has 0 aromatic carbocycles. The lowest BCUT2D eigenvalue weighted by atomic mass is 9.86. The summed E-state index contributed by atoms with van der Waals surface area (Å²) >= 11 is 1.73. The van der Waals surface area contributed by atoms with Gasteiger partial charge in [0.2, 0.25) is 0 Å². The molecule has 0 bridgehead atoms. The molecule has 2 heterocycles. The number of rotatable bonds is 5. The summed E-state index contributed by atoms with van der Waals surface area (Å²) in [5.41, 5.74) is 7.23. The molecule has 1 aliphatic heterocycles. The van der Waals surface area contributed by atoms with Crippen LogP contribution in [0.2, 0.25) is 0 Å². The van der Waals surface area contributed by atoms with Gasteiger partial charge in [-0.25, -0.2) is 4.98 Å². The van der Waals surface area contributed by atoms with E-state index in [0.717, 1.165) is 31.8 Å². The van der Waals surface area contributed by atoms with Crippen molar-refractivity contribution >= 4 is 11.3 Å². The number of thiazole rings is 1. The van der Waals surface area contributed by atoms with Crippen molar-refractivity contribution in [2.24, 2.45) is 11.1 Å². The highest BCUT2D eigenvalue weighted by Crippen LogP contribution is 2.25. The Hall–Kier alpha value is -0.490. The van der Waals surface area contributed by atoms with Gasteiger partial charge in [0.1, 0.15) is 0 Å². The molecule has 2 atom stereocenters. The van der Waals surface area contributed by atoms with Crippen molar-refractivity contribution in [3.63, 3.8) is 0 Å². The van der Waals surface area contributed by atoms with E-state index in [4.69, 9.17) is 10.5 Å². The molecule has 2 unspecified atom stereocenters. The number of ether oxygens (including phenoxy) is 1. The third-order valence-electron chi connectivity index (χ3n) is 3.34. The summed E-state index contributed by atoms with van der Waals surface area (Å²) in [7, 11) is 0. The lowest BCUT2D eigenvalue weighted by molar-refractivity contribution is 0.158. The maximum Gasteiger partial charge on any atom is 0.0940 e. The van der Waals surface area contributed by atoms with Gasteiger partial charge in [-0.3, -0.25) is 0 Å². The van der Waals surface area contributed by atoms with Crippen LogP contribution in [0.15, 0.2) is 5.38 Å². The Morgan fingerprint density at radius 3 is 3.12 bits per heavy atom. The fraction of sp³-hybridized carbons (Fsp3) is 0.750. The number of nitrogens with zero attached hydrogens (tertiary/aromatic N) is 1. The first-order valence-electron chi connectivity index (χ1n) is 6.05. The average Bonchev–Trinajstić information content (AvgIpc) is 2.83. The Bertz CT molecular complexity index is 368. The summed E-state index contributed by atoms with van der Waals surface area (Å²) in [5.74, 6) is 0. The highest BCUT2D eigenvalue weighted by Gasteiger charge is 2.36. The quantitative estimate of drug-likeness (QED) is 0.769. The standard InChI is InChI=1S/C12H21N3OS/c1-9-6-17-11(15-9)3-4-14-7-12(2)8-16-5-10(12)13/h6,10,14H,3-5,7-8,13H2,1-2H3. The highest BCUT2D eigenvalue weighted by atomic mass is 32.1. The summed E-state index contributed by atoms with van der Waals surface area (Å²) in [5, 5.41) is 6.76. The summed E-state index contributed by atoms with van der Waals surface area (Å²) in [6.07, 6.45) is 0.991. The minimum absolute atomic E-state index is 0.0821. The topological polar surface area (TPSA) is 60.2 Å². The largest absolute Gasteiger partial charge is 0.379 e. The van der Waals surface area contributed by atoms with Crippen molar-refractivity contribution in [1.29, 1.82) is 0 Å². The van der Waals surface area contributed by atoms with Crippen LogP contribution in [0.4, 0.5) is 0 Å². The van der Waals surface area contributed by atoms with E-state index in [1.165, 1.54) is 5.01 Å². The zero-order chi connectivity index (χ0) is 12.3. The predicted molar refractivity (Wildman–Crippen MR) is 70.3 cm³/mol. The number of hydrogen-bond acceptors (Lipinski definition) is 5. The second kappa shape index (κ2) is 5.44. The normalized spacial score (nSPS) is 28.8. The zero-order valence-corrected chi connectivity index (χ0v) is 11.3. The minimum atomic E-state index is 0.0821. The van der Waals surface area contributed by atoms with Crippen LogP contribution in [-0.2, 0) is 11.2 Å². The summed E-state index contributed by atoms with van der Waals surface area (Å²) in [4.78, 5) is 4.44. The van der Waals surface area contributed by atoms with E-state index in [1.54, 1.807) is 11.3 Å². The third-order valence-corrected chi connectivity index (χ3v) is 4.36. The van der Waals surface area contributed by atoms with Crippen LogP contribution in [0.25, 0.3) is 0 Å². The summed E-state index contributed by atoms with van der Waals surface area (Å²) in [6.45, 7) is 7.53. The van der Waals surface area contributed by atoms with E-state index in [-0.39, 0.29) is 11.5 Å². The Labute approximate surface area is 107 Å². The van der Waals surface area contributed by atoms with Crippen molar-refractivity contribution in [1.82, 2.24) is 10.3 Å². The van der Waals surface area contributed by atoms with Crippen molar-refractivity contribution in [3.05, 3.63) is 16.1 Å².